The van der Waals surface area contributed by atoms with Gasteiger partial charge in [0, 0.05) is 17.3 Å². The van der Waals surface area contributed by atoms with Gasteiger partial charge in [0.25, 0.3) is 5.91 Å². The van der Waals surface area contributed by atoms with E-state index in [-0.39, 0.29) is 17.6 Å². The van der Waals surface area contributed by atoms with Crippen LogP contribution in [0.2, 0.25) is 0 Å². The second kappa shape index (κ2) is 12.4. The molecule has 208 valence electrons. The molecule has 5 aromatic rings. The van der Waals surface area contributed by atoms with Crippen molar-refractivity contribution in [1.82, 2.24) is 14.8 Å². The number of nitrogens with one attached hydrogen (secondary N) is 2. The summed E-state index contributed by atoms with van der Waals surface area (Å²) in [6.07, 6.45) is 1.57. The van der Waals surface area contributed by atoms with Crippen molar-refractivity contribution >= 4 is 35.0 Å². The van der Waals surface area contributed by atoms with Gasteiger partial charge in [0.05, 0.1) is 37.6 Å². The Labute approximate surface area is 240 Å². The van der Waals surface area contributed by atoms with Crippen LogP contribution in [0.5, 0.6) is 11.5 Å². The molecule has 0 bridgehead atoms. The fraction of sp³-hybridized carbons (Fsp3) is 0.133. The van der Waals surface area contributed by atoms with E-state index in [0.29, 0.717) is 45.2 Å². The van der Waals surface area contributed by atoms with Crippen LogP contribution < -0.4 is 20.1 Å². The van der Waals surface area contributed by atoms with E-state index in [4.69, 9.17) is 13.9 Å². The van der Waals surface area contributed by atoms with Gasteiger partial charge < -0.3 is 24.5 Å². The van der Waals surface area contributed by atoms with Gasteiger partial charge in [-0.3, -0.25) is 14.2 Å². The highest BCUT2D eigenvalue weighted by atomic mass is 32.2. The zero-order valence-corrected chi connectivity index (χ0v) is 23.4. The lowest BCUT2D eigenvalue weighted by Gasteiger charge is -2.15. The highest BCUT2D eigenvalue weighted by Gasteiger charge is 2.20. The van der Waals surface area contributed by atoms with E-state index < -0.39 is 0 Å². The van der Waals surface area contributed by atoms with Crippen molar-refractivity contribution in [2.24, 2.45) is 0 Å². The third-order valence-corrected chi connectivity index (χ3v) is 7.07. The number of methoxy groups -OCH3 is 2. The summed E-state index contributed by atoms with van der Waals surface area (Å²) in [4.78, 5) is 25.7. The summed E-state index contributed by atoms with van der Waals surface area (Å²) in [5.41, 5.74) is 3.16. The molecule has 0 atom stereocenters. The average molecular weight is 570 g/mol. The SMILES string of the molecule is COc1ccc(-n2c(SCC(=O)Nc3cc(C)c(NC(=O)c4ccccc4)cc3OC)nnc2-c2ccco2)cc1. The summed E-state index contributed by atoms with van der Waals surface area (Å²) in [5.74, 6) is 1.74. The standard InChI is InChI=1S/C30H27N5O5S/c1-19-16-24(26(39-3)17-23(19)32-29(37)20-8-5-4-6-9-20)31-27(36)18-41-30-34-33-28(25-10-7-15-40-25)35(30)21-11-13-22(38-2)14-12-21/h4-17H,18H2,1-3H3,(H,31,36)(H,32,37). The summed E-state index contributed by atoms with van der Waals surface area (Å²) >= 11 is 1.23. The third kappa shape index (κ3) is 6.25. The summed E-state index contributed by atoms with van der Waals surface area (Å²) in [5, 5.41) is 15.0. The molecule has 0 aliphatic carbocycles. The number of carbonyl (C=O) groups is 2. The summed E-state index contributed by atoms with van der Waals surface area (Å²) in [6.45, 7) is 1.85. The monoisotopic (exact) mass is 569 g/mol. The molecule has 2 aromatic heterocycles. The molecule has 2 amide bonds. The topological polar surface area (TPSA) is 121 Å². The molecule has 0 aliphatic rings. The van der Waals surface area contributed by atoms with Gasteiger partial charge in [-0.15, -0.1) is 10.2 Å². The third-order valence-electron chi connectivity index (χ3n) is 6.14. The van der Waals surface area contributed by atoms with Crippen LogP contribution in [-0.2, 0) is 4.79 Å². The maximum absolute atomic E-state index is 13.0. The maximum Gasteiger partial charge on any atom is 0.255 e. The van der Waals surface area contributed by atoms with E-state index in [1.54, 1.807) is 61.9 Å². The zero-order chi connectivity index (χ0) is 28.8. The number of furan rings is 1. The molecule has 10 nitrogen and oxygen atoms in total. The lowest BCUT2D eigenvalue weighted by molar-refractivity contribution is -0.113. The number of thioether (sulfide) groups is 1. The van der Waals surface area contributed by atoms with Gasteiger partial charge in [0.2, 0.25) is 11.7 Å². The number of aromatic nitrogens is 3. The second-order valence-corrected chi connectivity index (χ2v) is 9.78. The molecule has 0 aliphatic heterocycles. The number of nitrogens with zero attached hydrogens (tertiary/aromatic N) is 3. The molecule has 41 heavy (non-hydrogen) atoms. The van der Waals surface area contributed by atoms with Gasteiger partial charge in [-0.05, 0) is 67.1 Å². The molecule has 0 spiro atoms. The lowest BCUT2D eigenvalue weighted by Crippen LogP contribution is -2.16. The number of amides is 2. The van der Waals surface area contributed by atoms with Crippen LogP contribution in [0.3, 0.4) is 0 Å². The first-order valence-corrected chi connectivity index (χ1v) is 13.6. The van der Waals surface area contributed by atoms with Crippen LogP contribution in [0.1, 0.15) is 15.9 Å². The first-order chi connectivity index (χ1) is 20.0. The molecular formula is C30H27N5O5S. The van der Waals surface area contributed by atoms with Gasteiger partial charge in [0.15, 0.2) is 10.9 Å². The van der Waals surface area contributed by atoms with Crippen LogP contribution in [0, 0.1) is 6.92 Å². The lowest BCUT2D eigenvalue weighted by atomic mass is 10.1. The van der Waals surface area contributed by atoms with Crippen molar-refractivity contribution < 1.29 is 23.5 Å². The van der Waals surface area contributed by atoms with Gasteiger partial charge in [0.1, 0.15) is 11.5 Å². The highest BCUT2D eigenvalue weighted by molar-refractivity contribution is 7.99. The predicted octanol–water partition coefficient (Wildman–Crippen LogP) is 5.84. The molecule has 5 rings (SSSR count). The minimum atomic E-state index is -0.266. The fourth-order valence-electron chi connectivity index (χ4n) is 4.08. The predicted molar refractivity (Wildman–Crippen MR) is 157 cm³/mol. The molecular weight excluding hydrogens is 542 g/mol. The van der Waals surface area contributed by atoms with E-state index in [0.717, 1.165) is 11.3 Å². The number of ether oxygens (including phenoxy) is 2. The minimum absolute atomic E-state index is 0.0567. The van der Waals surface area contributed by atoms with E-state index in [1.165, 1.54) is 18.9 Å². The summed E-state index contributed by atoms with van der Waals surface area (Å²) in [6, 6.07) is 23.4. The van der Waals surface area contributed by atoms with Crippen LogP contribution in [0.15, 0.2) is 94.7 Å². The van der Waals surface area contributed by atoms with Gasteiger partial charge in [-0.25, -0.2) is 0 Å². The number of aryl methyl sites for hydroxylation is 1. The molecule has 0 fully saturated rings. The fourth-order valence-corrected chi connectivity index (χ4v) is 4.83. The van der Waals surface area contributed by atoms with Crippen LogP contribution in [-0.4, -0.2) is 46.6 Å². The Hall–Kier alpha value is -5.03. The minimum Gasteiger partial charge on any atom is -0.497 e. The number of hydrogen-bond donors (Lipinski definition) is 2. The largest absolute Gasteiger partial charge is 0.497 e. The number of anilines is 2. The van der Waals surface area contributed by atoms with Gasteiger partial charge in [-0.2, -0.15) is 0 Å². The molecule has 2 N–H and O–H groups in total. The van der Waals surface area contributed by atoms with Gasteiger partial charge >= 0.3 is 0 Å². The molecule has 0 unspecified atom stereocenters. The number of carbonyl (C=O) groups excluding carboxylic acids is 2. The van der Waals surface area contributed by atoms with Crippen LogP contribution in [0.25, 0.3) is 17.3 Å². The normalized spacial score (nSPS) is 10.7. The smallest absolute Gasteiger partial charge is 0.255 e. The zero-order valence-electron chi connectivity index (χ0n) is 22.6. The molecule has 0 radical (unpaired) electrons. The quantitative estimate of drug-likeness (QED) is 0.201. The van der Waals surface area contributed by atoms with Crippen molar-refractivity contribution in [3.8, 4) is 28.8 Å². The Balaban J connectivity index is 1.32. The summed E-state index contributed by atoms with van der Waals surface area (Å²) in [7, 11) is 3.11. The Morgan fingerprint density at radius 3 is 2.37 bits per heavy atom. The first kappa shape index (κ1) is 27.5. The summed E-state index contributed by atoms with van der Waals surface area (Å²) < 4.78 is 18.2. The number of hydrogen-bond acceptors (Lipinski definition) is 8. The molecule has 11 heteroatoms. The van der Waals surface area contributed by atoms with Crippen molar-refractivity contribution in [3.63, 3.8) is 0 Å². The second-order valence-electron chi connectivity index (χ2n) is 8.84. The van der Waals surface area contributed by atoms with Crippen molar-refractivity contribution in [2.75, 3.05) is 30.6 Å². The molecule has 0 saturated heterocycles. The maximum atomic E-state index is 13.0. The molecule has 2 heterocycles. The molecule has 3 aromatic carbocycles. The Morgan fingerprint density at radius 2 is 1.68 bits per heavy atom. The Bertz CT molecular complexity index is 1650. The number of rotatable bonds is 10. The average Bonchev–Trinajstić information content (AvgIpc) is 3.68. The van der Waals surface area contributed by atoms with Crippen molar-refractivity contribution in [1.29, 1.82) is 0 Å². The molecule has 0 saturated carbocycles. The van der Waals surface area contributed by atoms with Gasteiger partial charge in [-0.1, -0.05) is 30.0 Å². The van der Waals surface area contributed by atoms with E-state index in [2.05, 4.69) is 20.8 Å². The van der Waals surface area contributed by atoms with E-state index >= 15 is 0 Å². The van der Waals surface area contributed by atoms with Crippen LogP contribution in [0.4, 0.5) is 11.4 Å². The van der Waals surface area contributed by atoms with Crippen LogP contribution >= 0.6 is 11.8 Å². The van der Waals surface area contributed by atoms with Crippen molar-refractivity contribution in [2.45, 2.75) is 12.1 Å². The first-order valence-electron chi connectivity index (χ1n) is 12.6. The van der Waals surface area contributed by atoms with Crippen molar-refractivity contribution in [3.05, 3.63) is 96.3 Å². The Kier molecular flexibility index (Phi) is 8.35. The number of benzene rings is 3. The van der Waals surface area contributed by atoms with E-state index in [1.807, 2.05) is 41.8 Å². The highest BCUT2D eigenvalue weighted by Crippen LogP contribution is 2.33. The Morgan fingerprint density at radius 1 is 0.902 bits per heavy atom. The van der Waals surface area contributed by atoms with E-state index in [9.17, 15) is 9.59 Å².